The topological polar surface area (TPSA) is 21.3 Å². The Hall–Kier alpha value is -0.930. The van der Waals surface area contributed by atoms with Crippen molar-refractivity contribution >= 4 is 0 Å². The van der Waals surface area contributed by atoms with Gasteiger partial charge in [0.1, 0.15) is 5.82 Å². The number of ether oxygens (including phenoxy) is 1. The highest BCUT2D eigenvalue weighted by Crippen LogP contribution is 2.11. The first-order valence-electron chi connectivity index (χ1n) is 5.68. The largest absolute Gasteiger partial charge is 0.383 e. The van der Waals surface area contributed by atoms with Crippen LogP contribution < -0.4 is 5.32 Å². The van der Waals surface area contributed by atoms with Crippen LogP contribution in [-0.2, 0) is 11.2 Å². The third-order valence-corrected chi connectivity index (χ3v) is 2.48. The van der Waals surface area contributed by atoms with Crippen LogP contribution in [0.3, 0.4) is 0 Å². The predicted molar refractivity (Wildman–Crippen MR) is 64.2 cm³/mol. The molecule has 0 fully saturated rings. The number of hydrogen-bond acceptors (Lipinski definition) is 2. The van der Waals surface area contributed by atoms with Crippen molar-refractivity contribution in [2.45, 2.75) is 19.8 Å². The second-order valence-corrected chi connectivity index (χ2v) is 3.94. The van der Waals surface area contributed by atoms with Crippen LogP contribution in [0.2, 0.25) is 0 Å². The first-order chi connectivity index (χ1) is 7.74. The third-order valence-electron chi connectivity index (χ3n) is 2.48. The molecular weight excluding hydrogens is 205 g/mol. The Bertz CT molecular complexity index is 315. The van der Waals surface area contributed by atoms with Crippen molar-refractivity contribution in [2.24, 2.45) is 0 Å². The van der Waals surface area contributed by atoms with Gasteiger partial charge in [0.05, 0.1) is 6.61 Å². The molecule has 3 heteroatoms. The van der Waals surface area contributed by atoms with E-state index in [4.69, 9.17) is 4.74 Å². The summed E-state index contributed by atoms with van der Waals surface area (Å²) in [5, 5.41) is 3.24. The second-order valence-electron chi connectivity index (χ2n) is 3.94. The monoisotopic (exact) mass is 225 g/mol. The highest BCUT2D eigenvalue weighted by molar-refractivity contribution is 5.24. The fraction of sp³-hybridized carbons (Fsp3) is 0.538. The summed E-state index contributed by atoms with van der Waals surface area (Å²) < 4.78 is 18.3. The molecule has 0 amide bonds. The summed E-state index contributed by atoms with van der Waals surface area (Å²) in [6.45, 7) is 4.46. The number of aryl methyl sites for hydroxylation is 2. The lowest BCUT2D eigenvalue weighted by Crippen LogP contribution is -2.20. The van der Waals surface area contributed by atoms with E-state index < -0.39 is 0 Å². The van der Waals surface area contributed by atoms with Crippen LogP contribution in [0, 0.1) is 12.7 Å². The molecular formula is C13H20FNO. The van der Waals surface area contributed by atoms with Crippen molar-refractivity contribution in [3.8, 4) is 0 Å². The molecule has 90 valence electrons. The summed E-state index contributed by atoms with van der Waals surface area (Å²) in [4.78, 5) is 0. The molecule has 0 aromatic heterocycles. The van der Waals surface area contributed by atoms with Crippen LogP contribution in [-0.4, -0.2) is 26.8 Å². The van der Waals surface area contributed by atoms with E-state index in [1.807, 2.05) is 13.0 Å². The molecule has 0 bridgehead atoms. The molecule has 1 aromatic rings. The van der Waals surface area contributed by atoms with Crippen LogP contribution in [0.25, 0.3) is 0 Å². The quantitative estimate of drug-likeness (QED) is 0.719. The predicted octanol–water partition coefficient (Wildman–Crippen LogP) is 2.30. The zero-order chi connectivity index (χ0) is 11.8. The minimum absolute atomic E-state index is 0.0949. The van der Waals surface area contributed by atoms with Gasteiger partial charge >= 0.3 is 0 Å². The average molecular weight is 225 g/mol. The number of benzene rings is 1. The SMILES string of the molecule is COCCNCCCc1cc(C)ccc1F. The number of halogens is 1. The van der Waals surface area contributed by atoms with Gasteiger partial charge in [0.2, 0.25) is 0 Å². The molecule has 0 aliphatic carbocycles. The van der Waals surface area contributed by atoms with Gasteiger partial charge in [0.25, 0.3) is 0 Å². The van der Waals surface area contributed by atoms with Crippen molar-refractivity contribution in [3.05, 3.63) is 35.1 Å². The summed E-state index contributed by atoms with van der Waals surface area (Å²) in [6, 6.07) is 5.27. The highest BCUT2D eigenvalue weighted by Gasteiger charge is 2.01. The zero-order valence-electron chi connectivity index (χ0n) is 10.1. The number of hydrogen-bond donors (Lipinski definition) is 1. The lowest BCUT2D eigenvalue weighted by Gasteiger charge is -2.06. The van der Waals surface area contributed by atoms with E-state index in [0.717, 1.165) is 43.7 Å². The van der Waals surface area contributed by atoms with Crippen molar-refractivity contribution in [2.75, 3.05) is 26.8 Å². The second kappa shape index (κ2) is 7.36. The molecule has 2 nitrogen and oxygen atoms in total. The van der Waals surface area contributed by atoms with E-state index in [0.29, 0.717) is 0 Å². The van der Waals surface area contributed by atoms with Gasteiger partial charge in [-0.25, -0.2) is 4.39 Å². The minimum Gasteiger partial charge on any atom is -0.383 e. The third kappa shape index (κ3) is 4.73. The maximum Gasteiger partial charge on any atom is 0.126 e. The maximum atomic E-state index is 13.4. The van der Waals surface area contributed by atoms with Gasteiger partial charge in [0.15, 0.2) is 0 Å². The molecule has 0 saturated heterocycles. The number of rotatable bonds is 7. The van der Waals surface area contributed by atoms with E-state index in [2.05, 4.69) is 5.32 Å². The van der Waals surface area contributed by atoms with Gasteiger partial charge in [-0.15, -0.1) is 0 Å². The first-order valence-corrected chi connectivity index (χ1v) is 5.68. The molecule has 0 unspecified atom stereocenters. The van der Waals surface area contributed by atoms with Gasteiger partial charge in [-0.05, 0) is 37.9 Å². The van der Waals surface area contributed by atoms with Crippen LogP contribution in [0.15, 0.2) is 18.2 Å². The maximum absolute atomic E-state index is 13.4. The van der Waals surface area contributed by atoms with Crippen molar-refractivity contribution in [3.63, 3.8) is 0 Å². The molecule has 0 heterocycles. The molecule has 0 radical (unpaired) electrons. The molecule has 1 N–H and O–H groups in total. The van der Waals surface area contributed by atoms with Gasteiger partial charge < -0.3 is 10.1 Å². The lowest BCUT2D eigenvalue weighted by molar-refractivity contribution is 0.199. The Morgan fingerprint density at radius 2 is 2.12 bits per heavy atom. The number of nitrogens with one attached hydrogen (secondary N) is 1. The molecule has 1 aromatic carbocycles. The fourth-order valence-corrected chi connectivity index (χ4v) is 1.60. The molecule has 0 spiro atoms. The van der Waals surface area contributed by atoms with Gasteiger partial charge in [-0.1, -0.05) is 17.7 Å². The van der Waals surface area contributed by atoms with E-state index in [1.54, 1.807) is 19.2 Å². The zero-order valence-corrected chi connectivity index (χ0v) is 10.1. The van der Waals surface area contributed by atoms with E-state index in [9.17, 15) is 4.39 Å². The van der Waals surface area contributed by atoms with Gasteiger partial charge in [-0.3, -0.25) is 0 Å². The van der Waals surface area contributed by atoms with Gasteiger partial charge in [0, 0.05) is 13.7 Å². The number of methoxy groups -OCH3 is 1. The lowest BCUT2D eigenvalue weighted by atomic mass is 10.1. The van der Waals surface area contributed by atoms with E-state index >= 15 is 0 Å². The van der Waals surface area contributed by atoms with Crippen LogP contribution in [0.5, 0.6) is 0 Å². The summed E-state index contributed by atoms with van der Waals surface area (Å²) in [5.41, 5.74) is 1.93. The van der Waals surface area contributed by atoms with E-state index in [1.165, 1.54) is 0 Å². The molecule has 0 atom stereocenters. The Labute approximate surface area is 96.8 Å². The summed E-state index contributed by atoms with van der Waals surface area (Å²) in [7, 11) is 1.68. The fourth-order valence-electron chi connectivity index (χ4n) is 1.60. The van der Waals surface area contributed by atoms with Crippen molar-refractivity contribution in [1.82, 2.24) is 5.32 Å². The smallest absolute Gasteiger partial charge is 0.126 e. The molecule has 0 aliphatic rings. The molecule has 16 heavy (non-hydrogen) atoms. The molecule has 0 saturated carbocycles. The van der Waals surface area contributed by atoms with Crippen molar-refractivity contribution in [1.29, 1.82) is 0 Å². The minimum atomic E-state index is -0.0949. The van der Waals surface area contributed by atoms with Crippen LogP contribution in [0.4, 0.5) is 4.39 Å². The van der Waals surface area contributed by atoms with Crippen molar-refractivity contribution < 1.29 is 9.13 Å². The summed E-state index contributed by atoms with van der Waals surface area (Å²) in [5.74, 6) is -0.0949. The Morgan fingerprint density at radius 1 is 1.31 bits per heavy atom. The summed E-state index contributed by atoms with van der Waals surface area (Å²) in [6.07, 6.45) is 1.73. The van der Waals surface area contributed by atoms with Crippen LogP contribution in [0.1, 0.15) is 17.5 Å². The highest BCUT2D eigenvalue weighted by atomic mass is 19.1. The van der Waals surface area contributed by atoms with Crippen LogP contribution >= 0.6 is 0 Å². The van der Waals surface area contributed by atoms with Gasteiger partial charge in [-0.2, -0.15) is 0 Å². The normalized spacial score (nSPS) is 10.7. The van der Waals surface area contributed by atoms with E-state index in [-0.39, 0.29) is 5.82 Å². The summed E-state index contributed by atoms with van der Waals surface area (Å²) >= 11 is 0. The first kappa shape index (κ1) is 13.1. The Balaban J connectivity index is 2.23. The Morgan fingerprint density at radius 3 is 2.88 bits per heavy atom. The molecule has 0 aliphatic heterocycles. The standard InChI is InChI=1S/C13H20FNO/c1-11-5-6-13(14)12(10-11)4-3-7-15-8-9-16-2/h5-6,10,15H,3-4,7-9H2,1-2H3. The average Bonchev–Trinajstić information content (AvgIpc) is 2.28. The molecule has 1 rings (SSSR count). The Kier molecular flexibility index (Phi) is 6.04.